The molecule has 0 radical (unpaired) electrons. The third kappa shape index (κ3) is 9.65. The first kappa shape index (κ1) is 36.6. The number of nitrogens with one attached hydrogen (secondary N) is 3. The number of alkyl halides is 2. The highest BCUT2D eigenvalue weighted by Crippen LogP contribution is 2.21. The quantitative estimate of drug-likeness (QED) is 0.133. The predicted octanol–water partition coefficient (Wildman–Crippen LogP) is 3.19. The van der Waals surface area contributed by atoms with Gasteiger partial charge in [-0.05, 0) is 24.1 Å². The molecule has 0 saturated heterocycles. The topological polar surface area (TPSA) is 175 Å². The normalized spacial score (nSPS) is 11.5. The number of nitrogens with zero attached hydrogens (tertiary/aromatic N) is 2. The predicted molar refractivity (Wildman–Crippen MR) is 176 cm³/mol. The number of aromatic nitrogens is 2. The molecule has 4 aromatic rings. The van der Waals surface area contributed by atoms with Crippen molar-refractivity contribution >= 4 is 35.3 Å². The fourth-order valence-electron chi connectivity index (χ4n) is 4.72. The van der Waals surface area contributed by atoms with E-state index in [1.165, 1.54) is 12.1 Å². The molecule has 4 rings (SSSR count). The minimum Gasteiger partial charge on any atom is -0.468 e. The molecule has 0 fully saturated rings. The van der Waals surface area contributed by atoms with Crippen LogP contribution in [0.15, 0.2) is 95.9 Å². The minimum atomic E-state index is -4.67. The Kier molecular flexibility index (Phi) is 12.2. The number of halogens is 2. The van der Waals surface area contributed by atoms with E-state index in [-0.39, 0.29) is 18.1 Å². The number of ketones is 1. The van der Waals surface area contributed by atoms with Crippen LogP contribution in [0, 0.1) is 6.92 Å². The zero-order valence-corrected chi connectivity index (χ0v) is 27.0. The standard InChI is InChI=1S/C35H33F2N5O8/c1-22-10-9-15-25(16-22)31-38-18-27(41-34(48)50-21-24-13-7-4-8-14-24)32(46)42(31)20-28(43)40-26(17-23-11-5-3-6-12-23)30(45)35(36,37)33(47)39-19-29(44)49-2/h3-16,18,26H,17,19-21H2,1-2H3,(H,39,47)(H,40,43)(H,41,48). The monoisotopic (exact) mass is 689 g/mol. The van der Waals surface area contributed by atoms with E-state index in [0.29, 0.717) is 16.7 Å². The number of anilines is 1. The number of carbonyl (C=O) groups is 5. The highest BCUT2D eigenvalue weighted by molar-refractivity contribution is 6.11. The molecule has 0 aliphatic carbocycles. The van der Waals surface area contributed by atoms with Crippen molar-refractivity contribution in [1.29, 1.82) is 0 Å². The maximum absolute atomic E-state index is 15.1. The molecule has 1 aromatic heterocycles. The van der Waals surface area contributed by atoms with E-state index < -0.39 is 66.7 Å². The van der Waals surface area contributed by atoms with E-state index in [1.807, 2.05) is 0 Å². The van der Waals surface area contributed by atoms with Crippen LogP contribution in [0.4, 0.5) is 19.3 Å². The molecule has 1 atom stereocenters. The average Bonchev–Trinajstić information content (AvgIpc) is 3.11. The zero-order valence-electron chi connectivity index (χ0n) is 27.0. The van der Waals surface area contributed by atoms with E-state index in [1.54, 1.807) is 85.0 Å². The summed E-state index contributed by atoms with van der Waals surface area (Å²) in [7, 11) is 0.984. The lowest BCUT2D eigenvalue weighted by molar-refractivity contribution is -0.161. The van der Waals surface area contributed by atoms with Crippen LogP contribution in [0.2, 0.25) is 0 Å². The Morgan fingerprint density at radius 1 is 0.920 bits per heavy atom. The van der Waals surface area contributed by atoms with E-state index >= 15 is 8.78 Å². The average molecular weight is 690 g/mol. The van der Waals surface area contributed by atoms with E-state index in [0.717, 1.165) is 23.4 Å². The highest BCUT2D eigenvalue weighted by Gasteiger charge is 2.50. The van der Waals surface area contributed by atoms with Gasteiger partial charge in [-0.15, -0.1) is 0 Å². The molecular formula is C35H33F2N5O8. The maximum Gasteiger partial charge on any atom is 0.412 e. The Morgan fingerprint density at radius 3 is 2.22 bits per heavy atom. The Bertz CT molecular complexity index is 1920. The van der Waals surface area contributed by atoms with Crippen molar-refractivity contribution in [3.63, 3.8) is 0 Å². The van der Waals surface area contributed by atoms with Crippen molar-refractivity contribution in [1.82, 2.24) is 20.2 Å². The molecule has 3 N–H and O–H groups in total. The molecule has 0 spiro atoms. The highest BCUT2D eigenvalue weighted by atomic mass is 19.3. The van der Waals surface area contributed by atoms with Crippen LogP contribution < -0.4 is 21.5 Å². The zero-order chi connectivity index (χ0) is 36.3. The van der Waals surface area contributed by atoms with E-state index in [4.69, 9.17) is 4.74 Å². The smallest absolute Gasteiger partial charge is 0.412 e. The van der Waals surface area contributed by atoms with Gasteiger partial charge in [0, 0.05) is 12.0 Å². The number of aryl methyl sites for hydroxylation is 1. The number of methoxy groups -OCH3 is 1. The number of amides is 3. The van der Waals surface area contributed by atoms with Gasteiger partial charge in [0.05, 0.1) is 19.3 Å². The lowest BCUT2D eigenvalue weighted by Gasteiger charge is -2.23. The fraction of sp³-hybridized carbons (Fsp3) is 0.229. The van der Waals surface area contributed by atoms with Gasteiger partial charge in [-0.3, -0.25) is 33.9 Å². The minimum absolute atomic E-state index is 0.00416. The Labute approximate surface area is 284 Å². The first-order valence-corrected chi connectivity index (χ1v) is 15.1. The van der Waals surface area contributed by atoms with Crippen LogP contribution in [0.25, 0.3) is 11.4 Å². The summed E-state index contributed by atoms with van der Waals surface area (Å²) in [6.07, 6.45) is -0.334. The molecule has 13 nitrogen and oxygen atoms in total. The van der Waals surface area contributed by atoms with E-state index in [2.05, 4.69) is 20.4 Å². The van der Waals surface area contributed by atoms with Crippen molar-refractivity contribution in [2.45, 2.75) is 38.5 Å². The number of hydrogen-bond acceptors (Lipinski definition) is 9. The summed E-state index contributed by atoms with van der Waals surface area (Å²) in [5, 5.41) is 6.19. The summed E-state index contributed by atoms with van der Waals surface area (Å²) in [5.74, 6) is -10.8. The number of benzene rings is 3. The third-order valence-corrected chi connectivity index (χ3v) is 7.22. The Morgan fingerprint density at radius 2 is 1.58 bits per heavy atom. The van der Waals surface area contributed by atoms with Crippen molar-refractivity contribution in [2.24, 2.45) is 0 Å². The number of esters is 1. The van der Waals surface area contributed by atoms with Crippen LogP contribution in [0.3, 0.4) is 0 Å². The summed E-state index contributed by atoms with van der Waals surface area (Å²) in [6, 6.07) is 21.5. The molecule has 260 valence electrons. The summed E-state index contributed by atoms with van der Waals surface area (Å²) < 4.78 is 40.7. The van der Waals surface area contributed by atoms with Gasteiger partial charge < -0.3 is 20.1 Å². The molecule has 3 amide bonds. The van der Waals surface area contributed by atoms with Crippen LogP contribution in [0.1, 0.15) is 16.7 Å². The molecular weight excluding hydrogens is 656 g/mol. The van der Waals surface area contributed by atoms with Crippen LogP contribution in [-0.4, -0.2) is 64.8 Å². The molecule has 0 aliphatic heterocycles. The molecule has 3 aromatic carbocycles. The molecule has 0 bridgehead atoms. The Balaban J connectivity index is 1.62. The molecule has 0 saturated carbocycles. The summed E-state index contributed by atoms with van der Waals surface area (Å²) in [4.78, 5) is 80.9. The van der Waals surface area contributed by atoms with E-state index in [9.17, 15) is 28.8 Å². The van der Waals surface area contributed by atoms with Crippen molar-refractivity contribution in [3.8, 4) is 11.4 Å². The number of carbonyl (C=O) groups excluding carboxylic acids is 5. The lowest BCUT2D eigenvalue weighted by Crippen LogP contribution is -2.56. The summed E-state index contributed by atoms with van der Waals surface area (Å²) in [5.41, 5.74) is 1.03. The van der Waals surface area contributed by atoms with Crippen molar-refractivity contribution < 1.29 is 42.2 Å². The number of rotatable bonds is 14. The van der Waals surface area contributed by atoms with Gasteiger partial charge in [-0.25, -0.2) is 9.78 Å². The summed E-state index contributed by atoms with van der Waals surface area (Å²) >= 11 is 0. The van der Waals surface area contributed by atoms with Gasteiger partial charge in [-0.2, -0.15) is 8.78 Å². The Hall–Kier alpha value is -6.25. The summed E-state index contributed by atoms with van der Waals surface area (Å²) in [6.45, 7) is -0.0585. The second-order valence-corrected chi connectivity index (χ2v) is 11.0. The second-order valence-electron chi connectivity index (χ2n) is 11.0. The van der Waals surface area contributed by atoms with Crippen LogP contribution >= 0.6 is 0 Å². The SMILES string of the molecule is COC(=O)CNC(=O)C(F)(F)C(=O)C(Cc1ccccc1)NC(=O)Cn1c(-c2cccc(C)c2)ncc(NC(=O)OCc2ccccc2)c1=O. The molecule has 15 heteroatoms. The first-order valence-electron chi connectivity index (χ1n) is 15.1. The lowest BCUT2D eigenvalue weighted by atomic mass is 9.98. The van der Waals surface area contributed by atoms with Crippen molar-refractivity contribution in [3.05, 3.63) is 118 Å². The van der Waals surface area contributed by atoms with Crippen LogP contribution in [0.5, 0.6) is 0 Å². The molecule has 0 aliphatic rings. The third-order valence-electron chi connectivity index (χ3n) is 7.22. The largest absolute Gasteiger partial charge is 0.468 e. The van der Waals surface area contributed by atoms with Gasteiger partial charge in [0.15, 0.2) is 0 Å². The molecule has 1 heterocycles. The van der Waals surface area contributed by atoms with Gasteiger partial charge in [0.1, 0.15) is 31.2 Å². The maximum atomic E-state index is 15.1. The van der Waals surface area contributed by atoms with Gasteiger partial charge in [-0.1, -0.05) is 84.4 Å². The van der Waals surface area contributed by atoms with Gasteiger partial charge in [0.2, 0.25) is 11.7 Å². The fourth-order valence-corrected chi connectivity index (χ4v) is 4.72. The van der Waals surface area contributed by atoms with Gasteiger partial charge >= 0.3 is 18.0 Å². The van der Waals surface area contributed by atoms with Crippen LogP contribution in [-0.2, 0) is 48.2 Å². The number of hydrogen-bond donors (Lipinski definition) is 3. The molecule has 1 unspecified atom stereocenters. The van der Waals surface area contributed by atoms with Crippen molar-refractivity contribution in [2.75, 3.05) is 19.0 Å². The number of ether oxygens (including phenoxy) is 2. The number of Topliss-reactive ketones (excluding diaryl/α,β-unsaturated/α-hetero) is 1. The first-order chi connectivity index (χ1) is 23.9. The second kappa shape index (κ2) is 16.7. The molecule has 50 heavy (non-hydrogen) atoms. The van der Waals surface area contributed by atoms with Gasteiger partial charge in [0.25, 0.3) is 11.5 Å².